The van der Waals surface area contributed by atoms with Gasteiger partial charge >= 0.3 is 6.09 Å². The Bertz CT molecular complexity index is 1010. The molecule has 1 saturated heterocycles. The average Bonchev–Trinajstić information content (AvgIpc) is 3.35. The highest BCUT2D eigenvalue weighted by Crippen LogP contribution is 2.67. The number of rotatable bonds is 12. The third kappa shape index (κ3) is 7.67. The molecule has 7 heteroatoms. The maximum Gasteiger partial charge on any atom is 0.407 e. The first-order chi connectivity index (χ1) is 21.1. The highest BCUT2D eigenvalue weighted by molar-refractivity contribution is 5.77. The Kier molecular flexibility index (Phi) is 11.4. The molecule has 0 radical (unpaired) electrons. The molecule has 250 valence electrons. The monoisotopic (exact) mass is 613 g/mol. The number of nitrogens with one attached hydrogen (secondary N) is 2. The molecular formula is C37H63N3O4. The van der Waals surface area contributed by atoms with E-state index >= 15 is 0 Å². The smallest absolute Gasteiger partial charge is 0.407 e. The van der Waals surface area contributed by atoms with Gasteiger partial charge in [-0.3, -0.25) is 9.69 Å². The van der Waals surface area contributed by atoms with E-state index in [1.807, 2.05) is 0 Å². The molecule has 4 unspecified atom stereocenters. The molecule has 0 spiro atoms. The largest absolute Gasteiger partial charge is 0.446 e. The van der Waals surface area contributed by atoms with Crippen LogP contribution >= 0.6 is 0 Å². The number of carbonyl (C=O) groups is 2. The van der Waals surface area contributed by atoms with Crippen LogP contribution in [0.3, 0.4) is 0 Å². The van der Waals surface area contributed by atoms with E-state index in [0.717, 1.165) is 87.6 Å². The van der Waals surface area contributed by atoms with Crippen molar-refractivity contribution < 1.29 is 19.1 Å². The number of ether oxygens (including phenoxy) is 2. The molecule has 3 saturated carbocycles. The summed E-state index contributed by atoms with van der Waals surface area (Å²) >= 11 is 0. The fraction of sp³-hybridized carbons (Fsp3) is 0.892. The van der Waals surface area contributed by atoms with E-state index in [1.165, 1.54) is 51.4 Å². The Balaban J connectivity index is 1.06. The van der Waals surface area contributed by atoms with Crippen molar-refractivity contribution in [3.05, 3.63) is 11.6 Å². The van der Waals surface area contributed by atoms with Crippen molar-refractivity contribution in [3.8, 4) is 0 Å². The average molecular weight is 614 g/mol. The summed E-state index contributed by atoms with van der Waals surface area (Å²) < 4.78 is 11.3. The third-order valence-electron chi connectivity index (χ3n) is 13.0. The zero-order valence-electron chi connectivity index (χ0n) is 28.6. The first-order valence-corrected chi connectivity index (χ1v) is 18.3. The molecule has 0 aromatic carbocycles. The van der Waals surface area contributed by atoms with Crippen LogP contribution in [-0.2, 0) is 14.3 Å². The molecule has 8 atom stereocenters. The summed E-state index contributed by atoms with van der Waals surface area (Å²) in [6.07, 6.45) is 16.3. The van der Waals surface area contributed by atoms with Crippen molar-refractivity contribution in [2.45, 2.75) is 118 Å². The van der Waals surface area contributed by atoms with Crippen LogP contribution in [-0.4, -0.2) is 68.9 Å². The fourth-order valence-corrected chi connectivity index (χ4v) is 10.5. The van der Waals surface area contributed by atoms with Gasteiger partial charge in [0.15, 0.2) is 0 Å². The first-order valence-electron chi connectivity index (χ1n) is 18.3. The quantitative estimate of drug-likeness (QED) is 0.233. The van der Waals surface area contributed by atoms with Gasteiger partial charge in [0.25, 0.3) is 0 Å². The molecule has 4 aliphatic carbocycles. The Morgan fingerprint density at radius 1 is 1.00 bits per heavy atom. The van der Waals surface area contributed by atoms with E-state index in [1.54, 1.807) is 5.57 Å². The predicted octanol–water partition coefficient (Wildman–Crippen LogP) is 6.96. The second-order valence-electron chi connectivity index (χ2n) is 16.0. The highest BCUT2D eigenvalue weighted by Gasteiger charge is 2.59. The van der Waals surface area contributed by atoms with Gasteiger partial charge in [-0.25, -0.2) is 4.79 Å². The van der Waals surface area contributed by atoms with E-state index in [9.17, 15) is 9.59 Å². The minimum absolute atomic E-state index is 0.0355. The Morgan fingerprint density at radius 3 is 2.57 bits per heavy atom. The Hall–Kier alpha value is -1.60. The fourth-order valence-electron chi connectivity index (χ4n) is 10.5. The van der Waals surface area contributed by atoms with Crippen molar-refractivity contribution in [1.29, 1.82) is 0 Å². The van der Waals surface area contributed by atoms with Crippen molar-refractivity contribution in [3.63, 3.8) is 0 Å². The number of nitrogens with zero attached hydrogens (tertiary/aromatic N) is 1. The summed E-state index contributed by atoms with van der Waals surface area (Å²) in [5.74, 6) is 4.97. The lowest BCUT2D eigenvalue weighted by Crippen LogP contribution is -2.51. The predicted molar refractivity (Wildman–Crippen MR) is 176 cm³/mol. The van der Waals surface area contributed by atoms with Gasteiger partial charge in [-0.15, -0.1) is 0 Å². The number of amides is 2. The van der Waals surface area contributed by atoms with E-state index in [-0.39, 0.29) is 29.9 Å². The standard InChI is InChI=1S/C37H63N3O4/c1-26(2)7-6-8-27(3)31-11-12-32-30-10-9-28-25-29(13-16-36(28,4)33(30)14-17-37(31,32)5)44-35(42)39-18-15-34(41)38-19-20-40-21-23-43-24-22-40/h9,26-27,29-33H,6-8,10-25H2,1-5H3,(H,38,41)(H,39,42)/t27-,29?,30?,31-,32?,33?,36+,37-/m1/s1. The van der Waals surface area contributed by atoms with Crippen molar-refractivity contribution in [1.82, 2.24) is 15.5 Å². The first kappa shape index (κ1) is 33.8. The molecule has 0 bridgehead atoms. The van der Waals surface area contributed by atoms with E-state index in [2.05, 4.69) is 56.2 Å². The maximum atomic E-state index is 12.6. The number of carbonyl (C=O) groups excluding carboxylic acids is 2. The number of alkyl carbamates (subject to hydrolysis) is 1. The van der Waals surface area contributed by atoms with Gasteiger partial charge in [0.05, 0.1) is 13.2 Å². The number of hydrogen-bond acceptors (Lipinski definition) is 5. The summed E-state index contributed by atoms with van der Waals surface area (Å²) in [7, 11) is 0. The van der Waals surface area contributed by atoms with Crippen LogP contribution in [0, 0.1) is 46.3 Å². The van der Waals surface area contributed by atoms with Crippen LogP contribution in [0.1, 0.15) is 112 Å². The van der Waals surface area contributed by atoms with Crippen LogP contribution in [0.2, 0.25) is 0 Å². The van der Waals surface area contributed by atoms with Crippen molar-refractivity contribution in [2.75, 3.05) is 45.9 Å². The minimum atomic E-state index is -0.387. The molecule has 2 N–H and O–H groups in total. The van der Waals surface area contributed by atoms with E-state index < -0.39 is 0 Å². The molecule has 5 aliphatic rings. The zero-order chi connectivity index (χ0) is 31.3. The van der Waals surface area contributed by atoms with E-state index in [4.69, 9.17) is 9.47 Å². The normalized spacial score (nSPS) is 36.0. The van der Waals surface area contributed by atoms with Gasteiger partial charge < -0.3 is 20.1 Å². The van der Waals surface area contributed by atoms with Gasteiger partial charge in [0.1, 0.15) is 6.10 Å². The van der Waals surface area contributed by atoms with Crippen LogP contribution in [0.5, 0.6) is 0 Å². The molecule has 7 nitrogen and oxygen atoms in total. The lowest BCUT2D eigenvalue weighted by Gasteiger charge is -2.58. The Morgan fingerprint density at radius 2 is 1.80 bits per heavy atom. The number of morpholine rings is 1. The van der Waals surface area contributed by atoms with Crippen LogP contribution < -0.4 is 10.6 Å². The molecule has 5 rings (SSSR count). The van der Waals surface area contributed by atoms with Crippen molar-refractivity contribution in [2.24, 2.45) is 46.3 Å². The zero-order valence-corrected chi connectivity index (χ0v) is 28.6. The van der Waals surface area contributed by atoms with Gasteiger partial charge in [-0.05, 0) is 91.3 Å². The van der Waals surface area contributed by atoms with Gasteiger partial charge in [-0.2, -0.15) is 0 Å². The number of hydrogen-bond donors (Lipinski definition) is 2. The summed E-state index contributed by atoms with van der Waals surface area (Å²) in [6, 6.07) is 0. The summed E-state index contributed by atoms with van der Waals surface area (Å²) in [6.45, 7) is 17.6. The van der Waals surface area contributed by atoms with Crippen LogP contribution in [0.4, 0.5) is 4.79 Å². The molecule has 0 aromatic rings. The van der Waals surface area contributed by atoms with Gasteiger partial charge in [-0.1, -0.05) is 65.5 Å². The molecule has 0 aromatic heterocycles. The summed E-state index contributed by atoms with van der Waals surface area (Å²) in [4.78, 5) is 27.1. The molecule has 44 heavy (non-hydrogen) atoms. The lowest BCUT2D eigenvalue weighted by molar-refractivity contribution is -0.121. The summed E-state index contributed by atoms with van der Waals surface area (Å²) in [5.41, 5.74) is 2.31. The highest BCUT2D eigenvalue weighted by atomic mass is 16.6. The molecule has 2 amide bonds. The molecular weight excluding hydrogens is 550 g/mol. The maximum absolute atomic E-state index is 12.6. The molecule has 1 heterocycles. The molecule has 1 aliphatic heterocycles. The van der Waals surface area contributed by atoms with E-state index in [0.29, 0.717) is 18.5 Å². The van der Waals surface area contributed by atoms with Crippen LogP contribution in [0.25, 0.3) is 0 Å². The second-order valence-corrected chi connectivity index (χ2v) is 16.0. The second kappa shape index (κ2) is 14.9. The van der Waals surface area contributed by atoms with Crippen molar-refractivity contribution >= 4 is 12.0 Å². The summed E-state index contributed by atoms with van der Waals surface area (Å²) in [5, 5.41) is 5.78. The lowest BCUT2D eigenvalue weighted by atomic mass is 9.47. The van der Waals surface area contributed by atoms with Crippen LogP contribution in [0.15, 0.2) is 11.6 Å². The SMILES string of the molecule is CC(C)CCC[C@@H](C)[C@H]1CCC2C3CC=C4CC(OC(=O)NCCC(=O)NCCN5CCOCC5)CC[C@]4(C)C3CC[C@@]21C. The topological polar surface area (TPSA) is 79.9 Å². The number of fused-ring (bicyclic) bond motifs is 5. The van der Waals surface area contributed by atoms with Gasteiger partial charge in [0.2, 0.25) is 5.91 Å². The third-order valence-corrected chi connectivity index (χ3v) is 13.0. The molecule has 4 fully saturated rings. The number of allylic oxidation sites excluding steroid dienone is 1. The minimum Gasteiger partial charge on any atom is -0.446 e. The Labute approximate surface area is 268 Å². The van der Waals surface area contributed by atoms with Gasteiger partial charge in [0, 0.05) is 45.6 Å².